The van der Waals surface area contributed by atoms with Gasteiger partial charge in [-0.1, -0.05) is 140 Å². The van der Waals surface area contributed by atoms with Gasteiger partial charge in [0.1, 0.15) is 5.65 Å². The van der Waals surface area contributed by atoms with Gasteiger partial charge in [-0.15, -0.1) is 0 Å². The summed E-state index contributed by atoms with van der Waals surface area (Å²) < 4.78 is 4.98. The number of aromatic nitrogens is 3. The summed E-state index contributed by atoms with van der Waals surface area (Å²) in [5.41, 5.74) is 13.4. The standard InChI is InChI=1S/C57H35N5/c1-5-19-37(20-6-1)59(38-21-7-2-8-22-38)47-32-16-29-43-42-28-15-31-45-50-49(61(53(42)45)54(43)47)35-58-57-52(50)51-41-27-14-13-18-36(41)34-46-44-30-17-33-48(55(44)62(57)56(46)51)60(39-23-9-3-10-24-39)40-25-11-4-12-26-40/h1-35H. The molecule has 5 aromatic heterocycles. The minimum atomic E-state index is 0.964. The van der Waals surface area contributed by atoms with Crippen LogP contribution in [0.15, 0.2) is 212 Å². The van der Waals surface area contributed by atoms with E-state index in [2.05, 4.69) is 231 Å². The third-order valence-corrected chi connectivity index (χ3v) is 13.1. The number of hydrogen-bond donors (Lipinski definition) is 0. The van der Waals surface area contributed by atoms with Gasteiger partial charge in [0.15, 0.2) is 0 Å². The molecule has 14 aromatic rings. The van der Waals surface area contributed by atoms with Gasteiger partial charge < -0.3 is 14.2 Å². The Morgan fingerprint density at radius 3 is 1.35 bits per heavy atom. The molecule has 5 heterocycles. The molecule has 0 aliphatic rings. The van der Waals surface area contributed by atoms with Gasteiger partial charge in [0.25, 0.3) is 0 Å². The third-order valence-electron chi connectivity index (χ3n) is 13.1. The summed E-state index contributed by atoms with van der Waals surface area (Å²) >= 11 is 0. The number of benzene rings is 9. The lowest BCUT2D eigenvalue weighted by Gasteiger charge is -2.26. The van der Waals surface area contributed by atoms with Gasteiger partial charge in [-0.05, 0) is 77.5 Å². The van der Waals surface area contributed by atoms with E-state index in [9.17, 15) is 0 Å². The van der Waals surface area contributed by atoms with E-state index in [0.29, 0.717) is 0 Å². The van der Waals surface area contributed by atoms with Gasteiger partial charge in [-0.25, -0.2) is 4.98 Å². The minimum absolute atomic E-state index is 0.964. The number of para-hydroxylation sites is 7. The molecule has 0 aliphatic carbocycles. The monoisotopic (exact) mass is 789 g/mol. The Bertz CT molecular complexity index is 3950. The van der Waals surface area contributed by atoms with Crippen molar-refractivity contribution >= 4 is 121 Å². The number of pyridine rings is 1. The molecule has 62 heavy (non-hydrogen) atoms. The van der Waals surface area contributed by atoms with Crippen molar-refractivity contribution in [3.05, 3.63) is 212 Å². The normalized spacial score (nSPS) is 12.2. The van der Waals surface area contributed by atoms with Crippen LogP contribution in [0.1, 0.15) is 0 Å². The van der Waals surface area contributed by atoms with Gasteiger partial charge in [-0.2, -0.15) is 0 Å². The number of hydrogen-bond acceptors (Lipinski definition) is 3. The first-order chi connectivity index (χ1) is 30.8. The van der Waals surface area contributed by atoms with E-state index in [1.165, 1.54) is 64.9 Å². The van der Waals surface area contributed by atoms with Crippen LogP contribution < -0.4 is 9.80 Å². The van der Waals surface area contributed by atoms with Gasteiger partial charge in [0.05, 0.1) is 45.2 Å². The van der Waals surface area contributed by atoms with E-state index in [0.717, 1.165) is 56.3 Å². The van der Waals surface area contributed by atoms with Gasteiger partial charge in [0, 0.05) is 65.8 Å². The molecule has 0 atom stereocenters. The Balaban J connectivity index is 1.17. The van der Waals surface area contributed by atoms with Crippen molar-refractivity contribution in [2.75, 3.05) is 9.80 Å². The molecule has 0 radical (unpaired) electrons. The Morgan fingerprint density at radius 2 is 0.774 bits per heavy atom. The zero-order valence-electron chi connectivity index (χ0n) is 33.4. The zero-order valence-corrected chi connectivity index (χ0v) is 33.4. The SMILES string of the molecule is c1ccc(N(c2ccccc2)c2cccc3c4cccc5c6c7c8c9ccccc9cc9c%10cccc(N(c%11ccccc%11)c%11ccccc%11)c%10n(c7ncc6n(c23)c45)c98)cc1. The fourth-order valence-corrected chi connectivity index (χ4v) is 10.7. The molecule has 0 N–H and O–H groups in total. The van der Waals surface area contributed by atoms with Crippen molar-refractivity contribution < 1.29 is 0 Å². The largest absolute Gasteiger partial charge is 0.308 e. The van der Waals surface area contributed by atoms with Crippen LogP contribution in [0.5, 0.6) is 0 Å². The lowest BCUT2D eigenvalue weighted by molar-refractivity contribution is 1.23. The average molecular weight is 790 g/mol. The predicted molar refractivity (Wildman–Crippen MR) is 260 cm³/mol. The molecule has 288 valence electrons. The highest BCUT2D eigenvalue weighted by atomic mass is 15.2. The fourth-order valence-electron chi connectivity index (χ4n) is 10.7. The fraction of sp³-hybridized carbons (Fsp3) is 0. The molecule has 5 nitrogen and oxygen atoms in total. The summed E-state index contributed by atoms with van der Waals surface area (Å²) in [6, 6.07) is 74.5. The second-order valence-corrected chi connectivity index (χ2v) is 16.3. The van der Waals surface area contributed by atoms with Crippen molar-refractivity contribution in [3.63, 3.8) is 0 Å². The highest BCUT2D eigenvalue weighted by molar-refractivity contribution is 6.39. The molecule has 0 amide bonds. The summed E-state index contributed by atoms with van der Waals surface area (Å²) in [6.45, 7) is 0. The minimum Gasteiger partial charge on any atom is -0.308 e. The van der Waals surface area contributed by atoms with E-state index in [-0.39, 0.29) is 0 Å². The molecule has 0 spiro atoms. The average Bonchev–Trinajstić information content (AvgIpc) is 4.07. The van der Waals surface area contributed by atoms with Crippen LogP contribution in [-0.4, -0.2) is 13.8 Å². The second-order valence-electron chi connectivity index (χ2n) is 16.3. The molecular weight excluding hydrogens is 755 g/mol. The molecule has 5 heteroatoms. The van der Waals surface area contributed by atoms with E-state index >= 15 is 0 Å². The molecule has 0 aliphatic heterocycles. The van der Waals surface area contributed by atoms with Gasteiger partial charge >= 0.3 is 0 Å². The Hall–Kier alpha value is -8.41. The van der Waals surface area contributed by atoms with Crippen LogP contribution in [0.2, 0.25) is 0 Å². The van der Waals surface area contributed by atoms with Gasteiger partial charge in [0.2, 0.25) is 0 Å². The molecule has 0 saturated heterocycles. The van der Waals surface area contributed by atoms with E-state index in [1.54, 1.807) is 0 Å². The lowest BCUT2D eigenvalue weighted by atomic mass is 9.98. The third kappa shape index (κ3) is 4.38. The number of anilines is 6. The van der Waals surface area contributed by atoms with Crippen molar-refractivity contribution in [2.24, 2.45) is 0 Å². The lowest BCUT2D eigenvalue weighted by Crippen LogP contribution is -2.10. The first-order valence-electron chi connectivity index (χ1n) is 21.2. The van der Waals surface area contributed by atoms with Crippen LogP contribution in [-0.2, 0) is 0 Å². The molecular formula is C57H35N5. The molecule has 0 fully saturated rings. The molecule has 9 aromatic carbocycles. The molecule has 0 unspecified atom stereocenters. The Kier molecular flexibility index (Phi) is 6.77. The Labute approximate surface area is 355 Å². The maximum atomic E-state index is 5.60. The van der Waals surface area contributed by atoms with Crippen LogP contribution in [0.3, 0.4) is 0 Å². The van der Waals surface area contributed by atoms with Gasteiger partial charge in [-0.3, -0.25) is 4.40 Å². The smallest absolute Gasteiger partial charge is 0.146 e. The summed E-state index contributed by atoms with van der Waals surface area (Å²) in [5, 5.41) is 12.2. The van der Waals surface area contributed by atoms with Crippen molar-refractivity contribution in [2.45, 2.75) is 0 Å². The highest BCUT2D eigenvalue weighted by Crippen LogP contribution is 2.51. The first kappa shape index (κ1) is 33.4. The molecule has 14 rings (SSSR count). The maximum Gasteiger partial charge on any atom is 0.146 e. The second kappa shape index (κ2) is 12.6. The first-order valence-corrected chi connectivity index (χ1v) is 21.2. The van der Waals surface area contributed by atoms with E-state index in [4.69, 9.17) is 4.98 Å². The number of fused-ring (bicyclic) bond motifs is 15. The summed E-state index contributed by atoms with van der Waals surface area (Å²) in [5.74, 6) is 0. The maximum absolute atomic E-state index is 5.60. The molecule has 0 saturated carbocycles. The van der Waals surface area contributed by atoms with E-state index in [1.807, 2.05) is 0 Å². The summed E-state index contributed by atoms with van der Waals surface area (Å²) in [4.78, 5) is 10.4. The molecule has 0 bridgehead atoms. The van der Waals surface area contributed by atoms with Crippen LogP contribution in [0, 0.1) is 0 Å². The number of nitrogens with zero attached hydrogens (tertiary/aromatic N) is 5. The quantitative estimate of drug-likeness (QED) is 0.168. The highest BCUT2D eigenvalue weighted by Gasteiger charge is 2.29. The van der Waals surface area contributed by atoms with Crippen molar-refractivity contribution in [1.82, 2.24) is 13.8 Å². The van der Waals surface area contributed by atoms with E-state index < -0.39 is 0 Å². The van der Waals surface area contributed by atoms with Crippen molar-refractivity contribution in [3.8, 4) is 0 Å². The predicted octanol–water partition coefficient (Wildman–Crippen LogP) is 15.5. The Morgan fingerprint density at radius 1 is 0.323 bits per heavy atom. The van der Waals surface area contributed by atoms with Crippen molar-refractivity contribution in [1.29, 1.82) is 0 Å². The zero-order chi connectivity index (χ0) is 40.5. The number of rotatable bonds is 6. The van der Waals surface area contributed by atoms with Crippen LogP contribution in [0.4, 0.5) is 34.1 Å². The van der Waals surface area contributed by atoms with Crippen LogP contribution >= 0.6 is 0 Å². The summed E-state index contributed by atoms with van der Waals surface area (Å²) in [7, 11) is 0. The topological polar surface area (TPSA) is 28.2 Å². The summed E-state index contributed by atoms with van der Waals surface area (Å²) in [6.07, 6.45) is 2.14. The van der Waals surface area contributed by atoms with Crippen LogP contribution in [0.25, 0.3) is 87.1 Å².